The highest BCUT2D eigenvalue weighted by atomic mass is 35.5. The minimum atomic E-state index is 0. The summed E-state index contributed by atoms with van der Waals surface area (Å²) in [7, 11) is 1.74. The fraction of sp³-hybridized carbons (Fsp3) is 1.00. The molecule has 0 radical (unpaired) electrons. The normalized spacial score (nSPS) is 38.1. The summed E-state index contributed by atoms with van der Waals surface area (Å²) in [5.74, 6) is 0. The fourth-order valence-electron chi connectivity index (χ4n) is 2.18. The van der Waals surface area contributed by atoms with E-state index in [9.17, 15) is 0 Å². The highest BCUT2D eigenvalue weighted by Crippen LogP contribution is 2.25. The van der Waals surface area contributed by atoms with Crippen molar-refractivity contribution in [2.45, 2.75) is 37.5 Å². The van der Waals surface area contributed by atoms with Gasteiger partial charge in [0.1, 0.15) is 0 Å². The molecule has 1 N–H and O–H groups in total. The Balaban J connectivity index is 0.000000845. The molecule has 3 atom stereocenters. The van der Waals surface area contributed by atoms with Crippen LogP contribution in [0.3, 0.4) is 0 Å². The van der Waals surface area contributed by atoms with Gasteiger partial charge in [-0.05, 0) is 25.8 Å². The molecule has 0 aliphatic carbocycles. The zero-order valence-electron chi connectivity index (χ0n) is 7.99. The second-order valence-corrected chi connectivity index (χ2v) is 3.68. The van der Waals surface area contributed by atoms with E-state index in [4.69, 9.17) is 9.47 Å². The third-order valence-corrected chi connectivity index (χ3v) is 2.80. The Morgan fingerprint density at radius 3 is 3.00 bits per heavy atom. The van der Waals surface area contributed by atoms with E-state index >= 15 is 0 Å². The van der Waals surface area contributed by atoms with Gasteiger partial charge >= 0.3 is 0 Å². The molecule has 2 aliphatic rings. The van der Waals surface area contributed by atoms with Crippen molar-refractivity contribution in [2.75, 3.05) is 20.3 Å². The minimum Gasteiger partial charge on any atom is -0.382 e. The fourth-order valence-corrected chi connectivity index (χ4v) is 2.18. The summed E-state index contributed by atoms with van der Waals surface area (Å²) >= 11 is 0. The van der Waals surface area contributed by atoms with Crippen molar-refractivity contribution in [1.29, 1.82) is 0 Å². The molecule has 2 heterocycles. The largest absolute Gasteiger partial charge is 0.382 e. The molecule has 3 nitrogen and oxygen atoms in total. The van der Waals surface area contributed by atoms with Crippen LogP contribution >= 0.6 is 12.4 Å². The minimum absolute atomic E-state index is 0. The topological polar surface area (TPSA) is 30.5 Å². The van der Waals surface area contributed by atoms with Crippen LogP contribution in [0.5, 0.6) is 0 Å². The van der Waals surface area contributed by atoms with Gasteiger partial charge in [0.15, 0.2) is 0 Å². The molecule has 2 rings (SSSR count). The van der Waals surface area contributed by atoms with Gasteiger partial charge in [0, 0.05) is 13.2 Å². The number of halogens is 1. The Bertz CT molecular complexity index is 157. The van der Waals surface area contributed by atoms with Crippen LogP contribution in [-0.4, -0.2) is 38.5 Å². The van der Waals surface area contributed by atoms with Crippen molar-refractivity contribution in [3.8, 4) is 0 Å². The lowest BCUT2D eigenvalue weighted by Crippen LogP contribution is -2.41. The van der Waals surface area contributed by atoms with Crippen molar-refractivity contribution in [1.82, 2.24) is 5.32 Å². The number of ether oxygens (including phenoxy) is 2. The lowest BCUT2D eigenvalue weighted by molar-refractivity contribution is -0.0814. The van der Waals surface area contributed by atoms with Gasteiger partial charge < -0.3 is 14.8 Å². The van der Waals surface area contributed by atoms with Gasteiger partial charge in [0.25, 0.3) is 0 Å². The van der Waals surface area contributed by atoms with Gasteiger partial charge in [0.2, 0.25) is 0 Å². The molecular weight excluding hydrogens is 190 g/mol. The van der Waals surface area contributed by atoms with Crippen molar-refractivity contribution >= 4 is 12.4 Å². The third kappa shape index (κ3) is 2.56. The second kappa shape index (κ2) is 5.15. The Kier molecular flexibility index (Phi) is 4.46. The third-order valence-electron chi connectivity index (χ3n) is 2.80. The monoisotopic (exact) mass is 207 g/mol. The van der Waals surface area contributed by atoms with Crippen molar-refractivity contribution in [3.05, 3.63) is 0 Å². The predicted octanol–water partition coefficient (Wildman–Crippen LogP) is 0.964. The zero-order valence-corrected chi connectivity index (χ0v) is 8.81. The maximum absolute atomic E-state index is 5.86. The van der Waals surface area contributed by atoms with E-state index in [0.29, 0.717) is 18.2 Å². The summed E-state index contributed by atoms with van der Waals surface area (Å²) in [6.07, 6.45) is 4.36. The Labute approximate surface area is 85.6 Å². The number of methoxy groups -OCH3 is 1. The van der Waals surface area contributed by atoms with Gasteiger partial charge in [-0.1, -0.05) is 0 Å². The summed E-state index contributed by atoms with van der Waals surface area (Å²) < 4.78 is 10.9. The molecule has 0 spiro atoms. The lowest BCUT2D eigenvalue weighted by Gasteiger charge is -2.31. The number of nitrogens with one attached hydrogen (secondary N) is 1. The molecular formula is C9H18ClNO2. The molecule has 0 aromatic heterocycles. The summed E-state index contributed by atoms with van der Waals surface area (Å²) in [6, 6.07) is 0.623. The molecule has 4 heteroatoms. The molecule has 2 aliphatic heterocycles. The van der Waals surface area contributed by atoms with Crippen molar-refractivity contribution in [2.24, 2.45) is 0 Å². The molecule has 13 heavy (non-hydrogen) atoms. The zero-order chi connectivity index (χ0) is 8.39. The first-order chi connectivity index (χ1) is 5.90. The quantitative estimate of drug-likeness (QED) is 0.732. The molecule has 0 aromatic rings. The first-order valence-electron chi connectivity index (χ1n) is 4.78. The molecule has 0 aromatic carbocycles. The predicted molar refractivity (Wildman–Crippen MR) is 53.4 cm³/mol. The summed E-state index contributed by atoms with van der Waals surface area (Å²) in [6.45, 7) is 1.87. The smallest absolute Gasteiger partial charge is 0.0813 e. The van der Waals surface area contributed by atoms with E-state index in [1.165, 1.54) is 12.8 Å². The van der Waals surface area contributed by atoms with Crippen LogP contribution in [0, 0.1) is 0 Å². The van der Waals surface area contributed by atoms with Gasteiger partial charge in [-0.3, -0.25) is 0 Å². The van der Waals surface area contributed by atoms with Gasteiger partial charge in [0.05, 0.1) is 18.8 Å². The Hall–Kier alpha value is 0.170. The maximum Gasteiger partial charge on any atom is 0.0813 e. The number of hydrogen-bond acceptors (Lipinski definition) is 3. The summed E-state index contributed by atoms with van der Waals surface area (Å²) in [5, 5.41) is 3.46. The first kappa shape index (κ1) is 11.2. The van der Waals surface area contributed by atoms with Crippen LogP contribution in [0.15, 0.2) is 0 Å². The van der Waals surface area contributed by atoms with Crippen LogP contribution in [-0.2, 0) is 9.47 Å². The molecule has 0 saturated carbocycles. The second-order valence-electron chi connectivity index (χ2n) is 3.68. The van der Waals surface area contributed by atoms with Gasteiger partial charge in [-0.15, -0.1) is 12.4 Å². The summed E-state index contributed by atoms with van der Waals surface area (Å²) in [4.78, 5) is 0. The average Bonchev–Trinajstić information content (AvgIpc) is 2.51. The summed E-state index contributed by atoms with van der Waals surface area (Å²) in [5.41, 5.74) is 0. The first-order valence-corrected chi connectivity index (χ1v) is 4.78. The molecule has 0 amide bonds. The van der Waals surface area contributed by atoms with E-state index < -0.39 is 0 Å². The number of hydrogen-bond donors (Lipinski definition) is 1. The molecule has 0 bridgehead atoms. The standard InChI is InChI=1S/C9H17NO2.ClH/c1-11-6-7-2-3-8-9(12-7)4-5-10-8;/h7-10H,2-6H2,1H3;1H/t7-,8+,9+;/m0./s1. The Morgan fingerprint density at radius 2 is 2.23 bits per heavy atom. The molecule has 2 saturated heterocycles. The van der Waals surface area contributed by atoms with Crippen LogP contribution < -0.4 is 5.32 Å². The highest BCUT2D eigenvalue weighted by Gasteiger charge is 2.34. The number of fused-ring (bicyclic) bond motifs is 1. The van der Waals surface area contributed by atoms with Crippen LogP contribution in [0.4, 0.5) is 0 Å². The van der Waals surface area contributed by atoms with Gasteiger partial charge in [-0.25, -0.2) is 0 Å². The van der Waals surface area contributed by atoms with Gasteiger partial charge in [-0.2, -0.15) is 0 Å². The lowest BCUT2D eigenvalue weighted by atomic mass is 10.0. The maximum atomic E-state index is 5.86. The number of rotatable bonds is 2. The Morgan fingerprint density at radius 1 is 1.38 bits per heavy atom. The highest BCUT2D eigenvalue weighted by molar-refractivity contribution is 5.85. The molecule has 78 valence electrons. The van der Waals surface area contributed by atoms with E-state index in [1.807, 2.05) is 0 Å². The SMILES string of the molecule is COC[C@@H]1CC[C@H]2NCC[C@H]2O1.Cl. The van der Waals surface area contributed by atoms with E-state index in [-0.39, 0.29) is 12.4 Å². The van der Waals surface area contributed by atoms with Crippen LogP contribution in [0.2, 0.25) is 0 Å². The average molecular weight is 208 g/mol. The van der Waals surface area contributed by atoms with E-state index in [1.54, 1.807) is 7.11 Å². The molecule has 2 fully saturated rings. The molecule has 0 unspecified atom stereocenters. The van der Waals surface area contributed by atoms with Crippen molar-refractivity contribution < 1.29 is 9.47 Å². The van der Waals surface area contributed by atoms with Crippen LogP contribution in [0.1, 0.15) is 19.3 Å². The van der Waals surface area contributed by atoms with E-state index in [2.05, 4.69) is 5.32 Å². The van der Waals surface area contributed by atoms with Crippen molar-refractivity contribution in [3.63, 3.8) is 0 Å². The van der Waals surface area contributed by atoms with E-state index in [0.717, 1.165) is 19.6 Å². The van der Waals surface area contributed by atoms with Crippen LogP contribution in [0.25, 0.3) is 0 Å².